The Morgan fingerprint density at radius 1 is 1.35 bits per heavy atom. The Bertz CT molecular complexity index is 481. The van der Waals surface area contributed by atoms with Crippen LogP contribution in [0.25, 0.3) is 0 Å². The predicted octanol–water partition coefficient (Wildman–Crippen LogP) is 0.908. The molecule has 0 heterocycles. The predicted molar refractivity (Wildman–Crippen MR) is 65.1 cm³/mol. The Morgan fingerprint density at radius 3 is 2.41 bits per heavy atom. The lowest BCUT2D eigenvalue weighted by molar-refractivity contribution is 0.299. The summed E-state index contributed by atoms with van der Waals surface area (Å²) in [5.41, 5.74) is 0.936. The lowest BCUT2D eigenvalue weighted by Gasteiger charge is -2.06. The van der Waals surface area contributed by atoms with Crippen LogP contribution in [0.5, 0.6) is 0 Å². The second kappa shape index (κ2) is 4.76. The third-order valence-corrected chi connectivity index (χ3v) is 4.56. The van der Waals surface area contributed by atoms with Gasteiger partial charge >= 0.3 is 0 Å². The van der Waals surface area contributed by atoms with Crippen molar-refractivity contribution in [3.05, 3.63) is 29.8 Å². The van der Waals surface area contributed by atoms with E-state index in [1.807, 2.05) is 6.92 Å². The van der Waals surface area contributed by atoms with Gasteiger partial charge in [0.25, 0.3) is 0 Å². The third-order valence-electron chi connectivity index (χ3n) is 3.05. The van der Waals surface area contributed by atoms with Gasteiger partial charge in [-0.2, -0.15) is 0 Å². The van der Waals surface area contributed by atoms with Gasteiger partial charge in [-0.15, -0.1) is 0 Å². The Balaban J connectivity index is 2.10. The quantitative estimate of drug-likeness (QED) is 0.822. The van der Waals surface area contributed by atoms with Gasteiger partial charge < -0.3 is 5.11 Å². The highest BCUT2D eigenvalue weighted by atomic mass is 32.2. The zero-order chi connectivity index (χ0) is 12.5. The maximum absolute atomic E-state index is 11.9. The van der Waals surface area contributed by atoms with E-state index in [1.165, 1.54) is 0 Å². The molecule has 2 atom stereocenters. The van der Waals surface area contributed by atoms with E-state index in [4.69, 9.17) is 5.11 Å². The van der Waals surface area contributed by atoms with Crippen LogP contribution in [0.4, 0.5) is 0 Å². The van der Waals surface area contributed by atoms with Crippen LogP contribution in [0.15, 0.2) is 29.2 Å². The van der Waals surface area contributed by atoms with Gasteiger partial charge in [0.05, 0.1) is 4.90 Å². The highest BCUT2D eigenvalue weighted by Gasteiger charge is 2.36. The summed E-state index contributed by atoms with van der Waals surface area (Å²) in [6, 6.07) is 6.74. The fourth-order valence-electron chi connectivity index (χ4n) is 1.72. The van der Waals surface area contributed by atoms with Gasteiger partial charge in [-0.05, 0) is 36.5 Å². The normalized spacial score (nSPS) is 23.6. The molecule has 0 radical (unpaired) electrons. The molecule has 0 aromatic heterocycles. The van der Waals surface area contributed by atoms with Crippen molar-refractivity contribution in [1.82, 2.24) is 4.72 Å². The molecule has 5 heteroatoms. The van der Waals surface area contributed by atoms with Crippen LogP contribution in [-0.4, -0.2) is 26.2 Å². The first-order valence-corrected chi connectivity index (χ1v) is 7.23. The molecule has 2 unspecified atom stereocenters. The van der Waals surface area contributed by atoms with Crippen molar-refractivity contribution in [3.8, 4) is 0 Å². The second-order valence-corrected chi connectivity index (χ2v) is 6.27. The number of benzene rings is 1. The molecule has 0 bridgehead atoms. The average Bonchev–Trinajstić information content (AvgIpc) is 2.94. The SMILES string of the molecule is CC1CC1NS(=O)(=O)c1ccc(CCO)cc1. The van der Waals surface area contributed by atoms with Crippen LogP contribution >= 0.6 is 0 Å². The van der Waals surface area contributed by atoms with Crippen LogP contribution in [0, 0.1) is 5.92 Å². The van der Waals surface area contributed by atoms with Gasteiger partial charge in [0, 0.05) is 12.6 Å². The standard InChI is InChI=1S/C12H17NO3S/c1-9-8-12(9)13-17(15,16)11-4-2-10(3-5-11)6-7-14/h2-5,9,12-14H,6-8H2,1H3. The highest BCUT2D eigenvalue weighted by molar-refractivity contribution is 7.89. The summed E-state index contributed by atoms with van der Waals surface area (Å²) in [7, 11) is -3.37. The monoisotopic (exact) mass is 255 g/mol. The van der Waals surface area contributed by atoms with E-state index in [9.17, 15) is 8.42 Å². The summed E-state index contributed by atoms with van der Waals surface area (Å²) >= 11 is 0. The van der Waals surface area contributed by atoms with Gasteiger partial charge in [-0.3, -0.25) is 0 Å². The highest BCUT2D eigenvalue weighted by Crippen LogP contribution is 2.30. The molecule has 17 heavy (non-hydrogen) atoms. The number of nitrogens with one attached hydrogen (secondary N) is 1. The van der Waals surface area contributed by atoms with Crippen molar-refractivity contribution < 1.29 is 13.5 Å². The summed E-state index contributed by atoms with van der Waals surface area (Å²) in [6.45, 7) is 2.10. The topological polar surface area (TPSA) is 66.4 Å². The fraction of sp³-hybridized carbons (Fsp3) is 0.500. The third kappa shape index (κ3) is 3.06. The van der Waals surface area contributed by atoms with E-state index in [2.05, 4.69) is 4.72 Å². The average molecular weight is 255 g/mol. The number of hydrogen-bond donors (Lipinski definition) is 2. The van der Waals surface area contributed by atoms with E-state index < -0.39 is 10.0 Å². The molecule has 1 aliphatic carbocycles. The molecule has 1 aromatic carbocycles. The lowest BCUT2D eigenvalue weighted by atomic mass is 10.2. The minimum absolute atomic E-state index is 0.0733. The molecule has 2 rings (SSSR count). The first kappa shape index (κ1) is 12.5. The van der Waals surface area contributed by atoms with Gasteiger partial charge in [0.2, 0.25) is 10.0 Å². The smallest absolute Gasteiger partial charge is 0.240 e. The van der Waals surface area contributed by atoms with Gasteiger partial charge in [-0.1, -0.05) is 19.1 Å². The number of aliphatic hydroxyl groups excluding tert-OH is 1. The molecular weight excluding hydrogens is 238 g/mol. The maximum atomic E-state index is 11.9. The van der Waals surface area contributed by atoms with E-state index in [0.29, 0.717) is 17.2 Å². The van der Waals surface area contributed by atoms with Gasteiger partial charge in [-0.25, -0.2) is 13.1 Å². The van der Waals surface area contributed by atoms with E-state index >= 15 is 0 Å². The summed E-state index contributed by atoms with van der Waals surface area (Å²) < 4.78 is 26.5. The van der Waals surface area contributed by atoms with Crippen molar-refractivity contribution >= 4 is 10.0 Å². The molecule has 1 saturated carbocycles. The van der Waals surface area contributed by atoms with Crippen molar-refractivity contribution in [1.29, 1.82) is 0 Å². The molecule has 0 spiro atoms. The van der Waals surface area contributed by atoms with E-state index in [1.54, 1.807) is 24.3 Å². The van der Waals surface area contributed by atoms with Crippen LogP contribution in [0.2, 0.25) is 0 Å². The number of rotatable bonds is 5. The summed E-state index contributed by atoms with van der Waals surface area (Å²) in [6.07, 6.45) is 1.47. The number of hydrogen-bond acceptors (Lipinski definition) is 3. The molecule has 1 aliphatic rings. The molecule has 0 aliphatic heterocycles. The summed E-state index contributed by atoms with van der Waals surface area (Å²) in [5.74, 6) is 0.443. The Hall–Kier alpha value is -0.910. The molecule has 94 valence electrons. The molecule has 2 N–H and O–H groups in total. The van der Waals surface area contributed by atoms with Crippen LogP contribution in [0.3, 0.4) is 0 Å². The van der Waals surface area contributed by atoms with Crippen molar-refractivity contribution in [2.24, 2.45) is 5.92 Å². The Kier molecular flexibility index (Phi) is 3.51. The largest absolute Gasteiger partial charge is 0.396 e. The van der Waals surface area contributed by atoms with Crippen molar-refractivity contribution in [2.75, 3.05) is 6.61 Å². The zero-order valence-corrected chi connectivity index (χ0v) is 10.6. The van der Waals surface area contributed by atoms with Crippen molar-refractivity contribution in [2.45, 2.75) is 30.7 Å². The summed E-state index contributed by atoms with van der Waals surface area (Å²) in [5, 5.41) is 8.77. The second-order valence-electron chi connectivity index (χ2n) is 4.56. The minimum Gasteiger partial charge on any atom is -0.396 e. The van der Waals surface area contributed by atoms with Crippen LogP contribution < -0.4 is 4.72 Å². The Labute approximate surface area is 102 Å². The lowest BCUT2D eigenvalue weighted by Crippen LogP contribution is -2.26. The molecule has 1 aromatic rings. The van der Waals surface area contributed by atoms with E-state index in [0.717, 1.165) is 12.0 Å². The number of sulfonamides is 1. The molecular formula is C12H17NO3S. The maximum Gasteiger partial charge on any atom is 0.240 e. The van der Waals surface area contributed by atoms with Crippen LogP contribution in [0.1, 0.15) is 18.9 Å². The Morgan fingerprint density at radius 2 is 1.94 bits per heavy atom. The summed E-state index contributed by atoms with van der Waals surface area (Å²) in [4.78, 5) is 0.290. The van der Waals surface area contributed by atoms with Gasteiger partial charge in [0.1, 0.15) is 0 Å². The molecule has 0 amide bonds. The molecule has 4 nitrogen and oxygen atoms in total. The molecule has 0 saturated heterocycles. The van der Waals surface area contributed by atoms with Crippen LogP contribution in [-0.2, 0) is 16.4 Å². The molecule has 1 fully saturated rings. The zero-order valence-electron chi connectivity index (χ0n) is 9.76. The van der Waals surface area contributed by atoms with Gasteiger partial charge in [0.15, 0.2) is 0 Å². The minimum atomic E-state index is -3.37. The first-order valence-electron chi connectivity index (χ1n) is 5.75. The number of aliphatic hydroxyl groups is 1. The van der Waals surface area contributed by atoms with Crippen molar-refractivity contribution in [3.63, 3.8) is 0 Å². The van der Waals surface area contributed by atoms with E-state index in [-0.39, 0.29) is 12.6 Å². The fourth-order valence-corrected chi connectivity index (χ4v) is 3.08. The first-order chi connectivity index (χ1) is 8.03.